The molecule has 4 unspecified atom stereocenters. The molecule has 1 aliphatic heterocycles. The van der Waals surface area contributed by atoms with E-state index in [1.165, 1.54) is 45.1 Å². The zero-order valence-electron chi connectivity index (χ0n) is 12.8. The predicted octanol–water partition coefficient (Wildman–Crippen LogP) is 2.64. The van der Waals surface area contributed by atoms with Crippen molar-refractivity contribution in [3.63, 3.8) is 0 Å². The van der Waals surface area contributed by atoms with Crippen LogP contribution >= 0.6 is 0 Å². The third-order valence-electron chi connectivity index (χ3n) is 5.15. The van der Waals surface area contributed by atoms with Gasteiger partial charge in [0.05, 0.1) is 6.10 Å². The van der Waals surface area contributed by atoms with Gasteiger partial charge in [-0.3, -0.25) is 0 Å². The molecule has 0 aromatic carbocycles. The minimum atomic E-state index is 0.418. The highest BCUT2D eigenvalue weighted by Gasteiger charge is 2.29. The lowest BCUT2D eigenvalue weighted by atomic mass is 9.77. The van der Waals surface area contributed by atoms with Crippen molar-refractivity contribution in [2.75, 3.05) is 26.2 Å². The minimum absolute atomic E-state index is 0.418. The molecule has 2 N–H and O–H groups in total. The van der Waals surface area contributed by atoms with Gasteiger partial charge in [0.2, 0.25) is 0 Å². The fourth-order valence-electron chi connectivity index (χ4n) is 3.71. The highest BCUT2D eigenvalue weighted by molar-refractivity contribution is 4.84. The molecule has 112 valence electrons. The number of likely N-dealkylation sites (N-methyl/N-ethyl adjacent to an activating group) is 1. The van der Waals surface area contributed by atoms with Gasteiger partial charge < -0.3 is 15.4 Å². The smallest absolute Gasteiger partial charge is 0.0702 e. The highest BCUT2D eigenvalue weighted by Crippen LogP contribution is 2.31. The molecule has 3 nitrogen and oxygen atoms in total. The van der Waals surface area contributed by atoms with E-state index in [9.17, 15) is 0 Å². The SMILES string of the molecule is CCC1CCC(N)C(CN(CC)CC2CCCO2)C1. The van der Waals surface area contributed by atoms with E-state index in [-0.39, 0.29) is 0 Å². The van der Waals surface area contributed by atoms with Crippen molar-refractivity contribution >= 4 is 0 Å². The van der Waals surface area contributed by atoms with Gasteiger partial charge in [-0.15, -0.1) is 0 Å². The second-order valence-corrected chi connectivity index (χ2v) is 6.50. The maximum Gasteiger partial charge on any atom is 0.0702 e. The zero-order chi connectivity index (χ0) is 13.7. The minimum Gasteiger partial charge on any atom is -0.377 e. The first-order valence-electron chi connectivity index (χ1n) is 8.32. The molecule has 1 aliphatic carbocycles. The van der Waals surface area contributed by atoms with Crippen molar-refractivity contribution in [2.45, 2.75) is 64.5 Å². The van der Waals surface area contributed by atoms with E-state index in [1.54, 1.807) is 0 Å². The van der Waals surface area contributed by atoms with Crippen LogP contribution in [0.3, 0.4) is 0 Å². The van der Waals surface area contributed by atoms with Crippen molar-refractivity contribution in [1.29, 1.82) is 0 Å². The van der Waals surface area contributed by atoms with Crippen molar-refractivity contribution in [3.8, 4) is 0 Å². The lowest BCUT2D eigenvalue weighted by molar-refractivity contribution is 0.0618. The first-order valence-corrected chi connectivity index (χ1v) is 8.32. The van der Waals surface area contributed by atoms with Crippen LogP contribution in [0, 0.1) is 11.8 Å². The van der Waals surface area contributed by atoms with Crippen LogP contribution in [0.2, 0.25) is 0 Å². The molecule has 0 radical (unpaired) electrons. The van der Waals surface area contributed by atoms with Crippen LogP contribution in [0.15, 0.2) is 0 Å². The second-order valence-electron chi connectivity index (χ2n) is 6.50. The third kappa shape index (κ3) is 4.44. The molecule has 19 heavy (non-hydrogen) atoms. The van der Waals surface area contributed by atoms with Crippen LogP contribution in [-0.2, 0) is 4.74 Å². The van der Waals surface area contributed by atoms with E-state index in [0.717, 1.165) is 25.6 Å². The fourth-order valence-corrected chi connectivity index (χ4v) is 3.71. The summed E-state index contributed by atoms with van der Waals surface area (Å²) in [6.45, 7) is 8.95. The lowest BCUT2D eigenvalue weighted by Crippen LogP contribution is -2.44. The Bertz CT molecular complexity index is 253. The van der Waals surface area contributed by atoms with Crippen molar-refractivity contribution in [1.82, 2.24) is 4.90 Å². The van der Waals surface area contributed by atoms with E-state index in [2.05, 4.69) is 18.7 Å². The summed E-state index contributed by atoms with van der Waals surface area (Å²) in [5.41, 5.74) is 6.35. The Morgan fingerprint density at radius 3 is 2.63 bits per heavy atom. The third-order valence-corrected chi connectivity index (χ3v) is 5.15. The number of hydrogen-bond donors (Lipinski definition) is 1. The molecule has 2 fully saturated rings. The molecule has 1 heterocycles. The Labute approximate surface area is 118 Å². The van der Waals surface area contributed by atoms with Gasteiger partial charge in [0.15, 0.2) is 0 Å². The Balaban J connectivity index is 1.81. The summed E-state index contributed by atoms with van der Waals surface area (Å²) < 4.78 is 5.77. The number of hydrogen-bond acceptors (Lipinski definition) is 3. The number of nitrogens with two attached hydrogens (primary N) is 1. The van der Waals surface area contributed by atoms with Crippen molar-refractivity contribution < 1.29 is 4.74 Å². The van der Waals surface area contributed by atoms with E-state index < -0.39 is 0 Å². The van der Waals surface area contributed by atoms with Gasteiger partial charge in [-0.25, -0.2) is 0 Å². The summed E-state index contributed by atoms with van der Waals surface area (Å²) in [6.07, 6.45) is 8.17. The lowest BCUT2D eigenvalue weighted by Gasteiger charge is -2.37. The number of rotatable bonds is 6. The maximum atomic E-state index is 6.35. The van der Waals surface area contributed by atoms with E-state index in [0.29, 0.717) is 18.1 Å². The average Bonchev–Trinajstić information content (AvgIpc) is 2.93. The molecule has 2 aliphatic rings. The first kappa shape index (κ1) is 15.3. The van der Waals surface area contributed by atoms with Crippen LogP contribution in [0.25, 0.3) is 0 Å². The van der Waals surface area contributed by atoms with Gasteiger partial charge in [-0.05, 0) is 50.5 Å². The van der Waals surface area contributed by atoms with Gasteiger partial charge in [0.1, 0.15) is 0 Å². The summed E-state index contributed by atoms with van der Waals surface area (Å²) in [7, 11) is 0. The van der Waals surface area contributed by atoms with Crippen molar-refractivity contribution in [2.24, 2.45) is 17.6 Å². The van der Waals surface area contributed by atoms with Crippen LogP contribution in [0.4, 0.5) is 0 Å². The molecule has 0 bridgehead atoms. The molecule has 0 aromatic rings. The molecular formula is C16H32N2O. The molecule has 0 amide bonds. The number of ether oxygens (including phenoxy) is 1. The predicted molar refractivity (Wildman–Crippen MR) is 80.2 cm³/mol. The maximum absolute atomic E-state index is 6.35. The van der Waals surface area contributed by atoms with Crippen LogP contribution in [0.5, 0.6) is 0 Å². The van der Waals surface area contributed by atoms with Crippen LogP contribution < -0.4 is 5.73 Å². The van der Waals surface area contributed by atoms with Gasteiger partial charge >= 0.3 is 0 Å². The van der Waals surface area contributed by atoms with E-state index in [1.807, 2.05) is 0 Å². The largest absolute Gasteiger partial charge is 0.377 e. The topological polar surface area (TPSA) is 38.5 Å². The highest BCUT2D eigenvalue weighted by atomic mass is 16.5. The van der Waals surface area contributed by atoms with Gasteiger partial charge in [-0.1, -0.05) is 20.3 Å². The normalized spacial score (nSPS) is 36.0. The quantitative estimate of drug-likeness (QED) is 0.805. The standard InChI is InChI=1S/C16H32N2O/c1-3-13-7-8-16(17)14(10-13)11-18(4-2)12-15-6-5-9-19-15/h13-16H,3-12,17H2,1-2H3. The van der Waals surface area contributed by atoms with Gasteiger partial charge in [0, 0.05) is 25.7 Å². The molecular weight excluding hydrogens is 236 g/mol. The van der Waals surface area contributed by atoms with Crippen LogP contribution in [0.1, 0.15) is 52.4 Å². The first-order chi connectivity index (χ1) is 9.22. The Kier molecular flexibility index (Phi) is 6.11. The van der Waals surface area contributed by atoms with Crippen LogP contribution in [-0.4, -0.2) is 43.3 Å². The van der Waals surface area contributed by atoms with Gasteiger partial charge in [0.25, 0.3) is 0 Å². The van der Waals surface area contributed by atoms with Crippen molar-refractivity contribution in [3.05, 3.63) is 0 Å². The average molecular weight is 268 g/mol. The Morgan fingerprint density at radius 2 is 2.00 bits per heavy atom. The Morgan fingerprint density at radius 1 is 1.16 bits per heavy atom. The molecule has 2 rings (SSSR count). The summed E-state index contributed by atoms with van der Waals surface area (Å²) in [5, 5.41) is 0. The summed E-state index contributed by atoms with van der Waals surface area (Å²) in [4.78, 5) is 2.57. The number of nitrogens with zero attached hydrogens (tertiary/aromatic N) is 1. The molecule has 3 heteroatoms. The molecule has 0 spiro atoms. The summed E-state index contributed by atoms with van der Waals surface area (Å²) in [6, 6.07) is 0.418. The summed E-state index contributed by atoms with van der Waals surface area (Å²) >= 11 is 0. The molecule has 1 saturated heterocycles. The van der Waals surface area contributed by atoms with Gasteiger partial charge in [-0.2, -0.15) is 0 Å². The molecule has 4 atom stereocenters. The molecule has 0 aromatic heterocycles. The second kappa shape index (κ2) is 7.61. The zero-order valence-corrected chi connectivity index (χ0v) is 12.8. The van der Waals surface area contributed by atoms with E-state index in [4.69, 9.17) is 10.5 Å². The molecule has 1 saturated carbocycles. The Hall–Kier alpha value is -0.120. The summed E-state index contributed by atoms with van der Waals surface area (Å²) in [5.74, 6) is 1.60. The van der Waals surface area contributed by atoms with E-state index >= 15 is 0 Å². The fraction of sp³-hybridized carbons (Fsp3) is 1.00. The monoisotopic (exact) mass is 268 g/mol.